The first kappa shape index (κ1) is 16.3. The molecule has 2 heterocycles. The fourth-order valence-corrected chi connectivity index (χ4v) is 3.51. The van der Waals surface area contributed by atoms with E-state index < -0.39 is 5.97 Å². The lowest BCUT2D eigenvalue weighted by atomic mass is 9.92. The summed E-state index contributed by atoms with van der Waals surface area (Å²) in [5, 5.41) is 8.72. The molecule has 0 aromatic rings. The fourth-order valence-electron chi connectivity index (χ4n) is 3.51. The van der Waals surface area contributed by atoms with Crippen molar-refractivity contribution in [3.63, 3.8) is 0 Å². The zero-order valence-corrected chi connectivity index (χ0v) is 13.1. The number of carbonyl (C=O) groups is 2. The van der Waals surface area contributed by atoms with Crippen LogP contribution < -0.4 is 0 Å². The summed E-state index contributed by atoms with van der Waals surface area (Å²) in [5.41, 5.74) is 0. The van der Waals surface area contributed by atoms with Gasteiger partial charge in [0.05, 0.1) is 6.54 Å². The second-order valence-electron chi connectivity index (χ2n) is 6.58. The molecule has 2 fully saturated rings. The highest BCUT2D eigenvalue weighted by Crippen LogP contribution is 2.22. The zero-order valence-electron chi connectivity index (χ0n) is 13.1. The first-order chi connectivity index (χ1) is 10.1. The molecule has 0 saturated carbocycles. The smallest absolute Gasteiger partial charge is 0.303 e. The van der Waals surface area contributed by atoms with Crippen LogP contribution in [0.5, 0.6) is 0 Å². The molecular formula is C16H28N2O3. The van der Waals surface area contributed by atoms with E-state index in [1.807, 2.05) is 4.90 Å². The van der Waals surface area contributed by atoms with E-state index >= 15 is 0 Å². The molecule has 1 amide bonds. The third kappa shape index (κ3) is 4.99. The first-order valence-corrected chi connectivity index (χ1v) is 8.30. The molecule has 2 aliphatic rings. The van der Waals surface area contributed by atoms with Crippen LogP contribution >= 0.6 is 0 Å². The number of carbonyl (C=O) groups excluding carboxylic acids is 1. The molecule has 1 atom stereocenters. The lowest BCUT2D eigenvalue weighted by Gasteiger charge is -2.37. The van der Waals surface area contributed by atoms with Crippen molar-refractivity contribution in [3.05, 3.63) is 0 Å². The number of hydrogen-bond acceptors (Lipinski definition) is 3. The van der Waals surface area contributed by atoms with E-state index in [1.165, 1.54) is 6.42 Å². The van der Waals surface area contributed by atoms with Crippen molar-refractivity contribution in [2.75, 3.05) is 26.2 Å². The molecule has 21 heavy (non-hydrogen) atoms. The van der Waals surface area contributed by atoms with Crippen molar-refractivity contribution in [1.82, 2.24) is 9.80 Å². The van der Waals surface area contributed by atoms with E-state index in [4.69, 9.17) is 5.11 Å². The van der Waals surface area contributed by atoms with Gasteiger partial charge in [0.15, 0.2) is 0 Å². The predicted molar refractivity (Wildman–Crippen MR) is 81.1 cm³/mol. The maximum atomic E-state index is 12.4. The quantitative estimate of drug-likeness (QED) is 0.842. The number of aliphatic carboxylic acids is 1. The Kier molecular flexibility index (Phi) is 6.03. The minimum atomic E-state index is -0.702. The van der Waals surface area contributed by atoms with Crippen molar-refractivity contribution < 1.29 is 14.7 Å². The summed E-state index contributed by atoms with van der Waals surface area (Å²) in [6, 6.07) is 0.388. The summed E-state index contributed by atoms with van der Waals surface area (Å²) < 4.78 is 0. The van der Waals surface area contributed by atoms with Gasteiger partial charge in [0.25, 0.3) is 0 Å². The van der Waals surface area contributed by atoms with Gasteiger partial charge in [0, 0.05) is 19.0 Å². The normalized spacial score (nSPS) is 25.0. The second kappa shape index (κ2) is 7.78. The van der Waals surface area contributed by atoms with Crippen molar-refractivity contribution >= 4 is 11.9 Å². The van der Waals surface area contributed by atoms with Crippen LogP contribution in [0.15, 0.2) is 0 Å². The van der Waals surface area contributed by atoms with Gasteiger partial charge in [-0.15, -0.1) is 0 Å². The fraction of sp³-hybridized carbons (Fsp3) is 0.875. The number of carboxylic acid groups (broad SMARTS) is 1. The third-order valence-corrected chi connectivity index (χ3v) is 4.96. The van der Waals surface area contributed by atoms with Gasteiger partial charge in [-0.2, -0.15) is 0 Å². The van der Waals surface area contributed by atoms with Crippen LogP contribution in [-0.4, -0.2) is 59.0 Å². The van der Waals surface area contributed by atoms with Gasteiger partial charge in [-0.3, -0.25) is 14.5 Å². The van der Waals surface area contributed by atoms with Crippen molar-refractivity contribution in [1.29, 1.82) is 0 Å². The Labute approximate surface area is 127 Å². The Balaban J connectivity index is 1.70. The van der Waals surface area contributed by atoms with E-state index in [-0.39, 0.29) is 12.3 Å². The average Bonchev–Trinajstić information content (AvgIpc) is 2.47. The highest BCUT2D eigenvalue weighted by Gasteiger charge is 2.26. The van der Waals surface area contributed by atoms with E-state index in [2.05, 4.69) is 11.8 Å². The van der Waals surface area contributed by atoms with Crippen LogP contribution in [0, 0.1) is 5.92 Å². The molecule has 0 aromatic heterocycles. The van der Waals surface area contributed by atoms with Gasteiger partial charge in [0.1, 0.15) is 0 Å². The summed E-state index contributed by atoms with van der Waals surface area (Å²) in [4.78, 5) is 27.3. The van der Waals surface area contributed by atoms with E-state index in [9.17, 15) is 9.59 Å². The van der Waals surface area contributed by atoms with Crippen molar-refractivity contribution in [2.24, 2.45) is 5.92 Å². The number of rotatable bonds is 5. The van der Waals surface area contributed by atoms with Gasteiger partial charge in [-0.25, -0.2) is 0 Å². The van der Waals surface area contributed by atoms with Gasteiger partial charge in [-0.05, 0) is 64.5 Å². The summed E-state index contributed by atoms with van der Waals surface area (Å²) >= 11 is 0. The Morgan fingerprint density at radius 1 is 1.10 bits per heavy atom. The number of amides is 1. The molecule has 0 aromatic carbocycles. The van der Waals surface area contributed by atoms with Crippen LogP contribution in [0.3, 0.4) is 0 Å². The van der Waals surface area contributed by atoms with Crippen LogP contribution in [0.1, 0.15) is 51.9 Å². The number of likely N-dealkylation sites (tertiary alicyclic amines) is 2. The molecule has 0 aliphatic carbocycles. The Morgan fingerprint density at radius 2 is 1.81 bits per heavy atom. The minimum Gasteiger partial charge on any atom is -0.481 e. The number of nitrogens with zero attached hydrogens (tertiary/aromatic N) is 2. The Hall–Kier alpha value is -1.10. The zero-order chi connectivity index (χ0) is 15.2. The number of piperidine rings is 2. The van der Waals surface area contributed by atoms with Crippen molar-refractivity contribution in [2.45, 2.75) is 57.9 Å². The lowest BCUT2D eigenvalue weighted by molar-refractivity contribution is -0.137. The molecule has 2 aliphatic heterocycles. The molecule has 0 radical (unpaired) electrons. The number of hydrogen-bond donors (Lipinski definition) is 1. The summed E-state index contributed by atoms with van der Waals surface area (Å²) in [6.07, 6.45) is 6.59. The van der Waals surface area contributed by atoms with Gasteiger partial charge in [0.2, 0.25) is 5.91 Å². The molecule has 2 saturated heterocycles. The molecule has 0 bridgehead atoms. The molecular weight excluding hydrogens is 268 g/mol. The molecule has 2 rings (SSSR count). The van der Waals surface area contributed by atoms with E-state index in [1.54, 1.807) is 0 Å². The van der Waals surface area contributed by atoms with Gasteiger partial charge >= 0.3 is 5.97 Å². The minimum absolute atomic E-state index is 0.270. The molecule has 5 heteroatoms. The van der Waals surface area contributed by atoms with Crippen LogP contribution in [0.2, 0.25) is 0 Å². The summed E-state index contributed by atoms with van der Waals surface area (Å²) in [7, 11) is 0. The van der Waals surface area contributed by atoms with Gasteiger partial charge < -0.3 is 10.0 Å². The first-order valence-electron chi connectivity index (χ1n) is 8.30. The van der Waals surface area contributed by atoms with E-state index in [0.717, 1.165) is 51.7 Å². The molecule has 1 N–H and O–H groups in total. The Bertz CT molecular complexity index is 365. The predicted octanol–water partition coefficient (Wildman–Crippen LogP) is 1.96. The van der Waals surface area contributed by atoms with E-state index in [0.29, 0.717) is 18.5 Å². The summed E-state index contributed by atoms with van der Waals surface area (Å²) in [6.45, 7) is 5.46. The highest BCUT2D eigenvalue weighted by molar-refractivity contribution is 5.78. The highest BCUT2D eigenvalue weighted by atomic mass is 16.4. The van der Waals surface area contributed by atoms with Crippen LogP contribution in [-0.2, 0) is 9.59 Å². The molecule has 5 nitrogen and oxygen atoms in total. The van der Waals surface area contributed by atoms with Crippen LogP contribution in [0.4, 0.5) is 0 Å². The number of carboxylic acids is 1. The van der Waals surface area contributed by atoms with Crippen LogP contribution in [0.25, 0.3) is 0 Å². The van der Waals surface area contributed by atoms with Gasteiger partial charge in [-0.1, -0.05) is 0 Å². The standard InChI is InChI=1S/C16H28N2O3/c1-13-4-2-3-9-18(13)15(19)12-17-10-7-14(8-11-17)5-6-16(20)21/h13-14H,2-12H2,1H3,(H,20,21). The second-order valence-corrected chi connectivity index (χ2v) is 6.58. The molecule has 0 spiro atoms. The topological polar surface area (TPSA) is 60.9 Å². The average molecular weight is 296 g/mol. The third-order valence-electron chi connectivity index (χ3n) is 4.96. The largest absolute Gasteiger partial charge is 0.481 e. The molecule has 120 valence electrons. The maximum Gasteiger partial charge on any atom is 0.303 e. The SMILES string of the molecule is CC1CCCCN1C(=O)CN1CCC(CCC(=O)O)CC1. The lowest BCUT2D eigenvalue weighted by Crippen LogP contribution is -2.48. The van der Waals surface area contributed by atoms with Crippen molar-refractivity contribution in [3.8, 4) is 0 Å². The summed E-state index contributed by atoms with van der Waals surface area (Å²) in [5.74, 6) is 0.0826. The monoisotopic (exact) mass is 296 g/mol. The Morgan fingerprint density at radius 3 is 2.43 bits per heavy atom. The maximum absolute atomic E-state index is 12.4. The molecule has 1 unspecified atom stereocenters.